The lowest BCUT2D eigenvalue weighted by molar-refractivity contribution is -0.126. The van der Waals surface area contributed by atoms with Crippen molar-refractivity contribution in [2.24, 2.45) is 17.8 Å². The smallest absolute Gasteiger partial charge is 0.231 e. The number of hydrogen-bond acceptors (Lipinski definition) is 2. The van der Waals surface area contributed by atoms with Crippen molar-refractivity contribution in [1.82, 2.24) is 0 Å². The van der Waals surface area contributed by atoms with Crippen LogP contribution in [0.25, 0.3) is 0 Å². The van der Waals surface area contributed by atoms with Gasteiger partial charge in [0, 0.05) is 30.3 Å². The normalized spacial score (nSPS) is 22.0. The molecule has 0 spiro atoms. The molecule has 2 aromatic rings. The number of carbonyl (C=O) groups excluding carboxylic acids is 2. The molecule has 2 atom stereocenters. The van der Waals surface area contributed by atoms with Crippen LogP contribution in [0.5, 0.6) is 0 Å². The summed E-state index contributed by atoms with van der Waals surface area (Å²) in [5.41, 5.74) is 0.742. The predicted molar refractivity (Wildman–Crippen MR) is 136 cm³/mol. The third kappa shape index (κ3) is 4.35. The molecule has 2 aliphatic heterocycles. The Morgan fingerprint density at radius 1 is 0.912 bits per heavy atom. The zero-order valence-electron chi connectivity index (χ0n) is 20.5. The topological polar surface area (TPSA) is 40.6 Å². The molecule has 0 unspecified atom stereocenters. The summed E-state index contributed by atoms with van der Waals surface area (Å²) < 4.78 is 16.1. The predicted octanol–water partition coefficient (Wildman–Crippen LogP) is 6.60. The highest BCUT2D eigenvalue weighted by Gasteiger charge is 2.43. The second kappa shape index (κ2) is 9.69. The van der Waals surface area contributed by atoms with E-state index in [1.54, 1.807) is 34.1 Å². The molecule has 0 aromatic heterocycles. The number of halogens is 2. The molecule has 6 heteroatoms. The van der Waals surface area contributed by atoms with Gasteiger partial charge >= 0.3 is 0 Å². The maximum absolute atomic E-state index is 16.1. The third-order valence-electron chi connectivity index (χ3n) is 7.70. The highest BCUT2D eigenvalue weighted by atomic mass is 35.5. The highest BCUT2D eigenvalue weighted by molar-refractivity contribution is 6.33. The molecule has 2 aliphatic rings. The van der Waals surface area contributed by atoms with Gasteiger partial charge in [0.15, 0.2) is 5.82 Å². The molecular weight excluding hydrogens is 451 g/mol. The molecule has 182 valence electrons. The van der Waals surface area contributed by atoms with Crippen molar-refractivity contribution in [3.63, 3.8) is 0 Å². The maximum Gasteiger partial charge on any atom is 0.231 e. The summed E-state index contributed by atoms with van der Waals surface area (Å²) in [6.45, 7) is 9.07. The van der Waals surface area contributed by atoms with Crippen molar-refractivity contribution in [2.45, 2.75) is 58.8 Å². The van der Waals surface area contributed by atoms with Gasteiger partial charge in [0.1, 0.15) is 0 Å². The first-order chi connectivity index (χ1) is 16.1. The quantitative estimate of drug-likeness (QED) is 0.479. The molecule has 0 aliphatic carbocycles. The van der Waals surface area contributed by atoms with Crippen LogP contribution in [0.1, 0.15) is 58.9 Å². The molecule has 4 nitrogen and oxygen atoms in total. The van der Waals surface area contributed by atoms with Crippen molar-refractivity contribution in [3.05, 3.63) is 58.9 Å². The van der Waals surface area contributed by atoms with E-state index in [0.717, 1.165) is 19.3 Å². The van der Waals surface area contributed by atoms with E-state index < -0.39 is 17.2 Å². The SMILES string of the molecule is CC(C)[C@@H]1CCCN(c2cccc(C(C)(C)[C@@H]3CCCN(c4ccccc4Cl)C3=O)c2F)C1=O. The molecule has 2 heterocycles. The Morgan fingerprint density at radius 2 is 1.53 bits per heavy atom. The molecule has 2 amide bonds. The van der Waals surface area contributed by atoms with Crippen LogP contribution in [-0.2, 0) is 15.0 Å². The van der Waals surface area contributed by atoms with Crippen molar-refractivity contribution >= 4 is 34.8 Å². The van der Waals surface area contributed by atoms with E-state index in [0.29, 0.717) is 41.5 Å². The largest absolute Gasteiger partial charge is 0.311 e. The van der Waals surface area contributed by atoms with Gasteiger partial charge in [0.2, 0.25) is 11.8 Å². The second-order valence-electron chi connectivity index (χ2n) is 10.5. The fourth-order valence-corrected chi connectivity index (χ4v) is 5.87. The van der Waals surface area contributed by atoms with Crippen molar-refractivity contribution < 1.29 is 14.0 Å². The van der Waals surface area contributed by atoms with Gasteiger partial charge in [0.25, 0.3) is 0 Å². The van der Waals surface area contributed by atoms with E-state index >= 15 is 4.39 Å². The van der Waals surface area contributed by atoms with Crippen LogP contribution in [-0.4, -0.2) is 24.9 Å². The Morgan fingerprint density at radius 3 is 2.21 bits per heavy atom. The number of rotatable bonds is 5. The van der Waals surface area contributed by atoms with Crippen LogP contribution in [0.2, 0.25) is 5.02 Å². The molecule has 2 aromatic carbocycles. The number of amides is 2. The van der Waals surface area contributed by atoms with Gasteiger partial charge in [-0.05, 0) is 55.4 Å². The van der Waals surface area contributed by atoms with Gasteiger partial charge in [0.05, 0.1) is 16.4 Å². The van der Waals surface area contributed by atoms with E-state index in [4.69, 9.17) is 11.6 Å². The number of piperidine rings is 2. The maximum atomic E-state index is 16.1. The molecule has 0 saturated carbocycles. The standard InChI is InChI=1S/C28H34ClFN2O2/c1-18(2)19-10-8-16-32(26(19)33)24-15-7-11-20(25(24)30)28(3,4)21-12-9-17-31(27(21)34)23-14-6-5-13-22(23)29/h5-7,11,13-15,18-19,21H,8-10,12,16-17H2,1-4H3/t19-,21+/m0/s1. The van der Waals surface area contributed by atoms with Gasteiger partial charge in [-0.15, -0.1) is 0 Å². The lowest BCUT2D eigenvalue weighted by Crippen LogP contribution is -2.49. The monoisotopic (exact) mass is 484 g/mol. The van der Waals surface area contributed by atoms with Crippen LogP contribution in [0.3, 0.4) is 0 Å². The van der Waals surface area contributed by atoms with Gasteiger partial charge < -0.3 is 9.80 Å². The highest BCUT2D eigenvalue weighted by Crippen LogP contribution is 2.43. The first-order valence-electron chi connectivity index (χ1n) is 12.3. The molecule has 2 saturated heterocycles. The Labute approximate surface area is 207 Å². The zero-order valence-corrected chi connectivity index (χ0v) is 21.2. The molecule has 0 bridgehead atoms. The number of nitrogens with zero attached hydrogens (tertiary/aromatic N) is 2. The summed E-state index contributed by atoms with van der Waals surface area (Å²) in [4.78, 5) is 30.1. The molecule has 2 fully saturated rings. The van der Waals surface area contributed by atoms with E-state index in [-0.39, 0.29) is 23.7 Å². The van der Waals surface area contributed by atoms with Gasteiger partial charge in [-0.1, -0.05) is 63.6 Å². The summed E-state index contributed by atoms with van der Waals surface area (Å²) in [6, 6.07) is 12.6. The second-order valence-corrected chi connectivity index (χ2v) is 10.9. The number of benzene rings is 2. The average molecular weight is 485 g/mol. The number of carbonyl (C=O) groups is 2. The molecule has 4 rings (SSSR count). The fourth-order valence-electron chi connectivity index (χ4n) is 5.63. The van der Waals surface area contributed by atoms with Crippen LogP contribution in [0.4, 0.5) is 15.8 Å². The minimum Gasteiger partial charge on any atom is -0.311 e. The molecular formula is C28H34ClFN2O2. The third-order valence-corrected chi connectivity index (χ3v) is 8.02. The van der Waals surface area contributed by atoms with Gasteiger partial charge in [-0.25, -0.2) is 4.39 Å². The van der Waals surface area contributed by atoms with Crippen molar-refractivity contribution in [2.75, 3.05) is 22.9 Å². The Bertz CT molecular complexity index is 1080. The molecule has 0 radical (unpaired) electrons. The van der Waals surface area contributed by atoms with Crippen LogP contribution in [0.15, 0.2) is 42.5 Å². The summed E-state index contributed by atoms with van der Waals surface area (Å²) in [5, 5.41) is 0.533. The zero-order chi connectivity index (χ0) is 24.6. The Kier molecular flexibility index (Phi) is 7.04. The Balaban J connectivity index is 1.67. The average Bonchev–Trinajstić information content (AvgIpc) is 2.80. The van der Waals surface area contributed by atoms with Crippen molar-refractivity contribution in [3.8, 4) is 0 Å². The van der Waals surface area contributed by atoms with E-state index in [2.05, 4.69) is 0 Å². The first kappa shape index (κ1) is 24.7. The van der Waals surface area contributed by atoms with Crippen LogP contribution < -0.4 is 9.80 Å². The lowest BCUT2D eigenvalue weighted by Gasteiger charge is -2.42. The van der Waals surface area contributed by atoms with Gasteiger partial charge in [-0.3, -0.25) is 9.59 Å². The minimum atomic E-state index is -0.757. The number of hydrogen-bond donors (Lipinski definition) is 0. The summed E-state index contributed by atoms with van der Waals surface area (Å²) in [5.74, 6) is -0.713. The van der Waals surface area contributed by atoms with E-state index in [1.807, 2.05) is 45.9 Å². The minimum absolute atomic E-state index is 0.00579. The lowest BCUT2D eigenvalue weighted by atomic mass is 9.69. The Hall–Kier alpha value is -2.40. The van der Waals surface area contributed by atoms with E-state index in [1.165, 1.54) is 0 Å². The number of anilines is 2. The molecule has 34 heavy (non-hydrogen) atoms. The van der Waals surface area contributed by atoms with E-state index in [9.17, 15) is 9.59 Å². The first-order valence-corrected chi connectivity index (χ1v) is 12.7. The fraction of sp³-hybridized carbons (Fsp3) is 0.500. The van der Waals surface area contributed by atoms with Crippen LogP contribution in [0, 0.1) is 23.6 Å². The van der Waals surface area contributed by atoms with Gasteiger partial charge in [-0.2, -0.15) is 0 Å². The summed E-state index contributed by atoms with van der Waals surface area (Å²) >= 11 is 6.39. The van der Waals surface area contributed by atoms with Crippen LogP contribution >= 0.6 is 11.6 Å². The summed E-state index contributed by atoms with van der Waals surface area (Å²) in [6.07, 6.45) is 3.19. The van der Waals surface area contributed by atoms with Crippen molar-refractivity contribution in [1.29, 1.82) is 0 Å². The number of para-hydroxylation sites is 1. The summed E-state index contributed by atoms with van der Waals surface area (Å²) in [7, 11) is 0. The molecule has 0 N–H and O–H groups in total.